The van der Waals surface area contributed by atoms with Gasteiger partial charge in [0, 0.05) is 11.1 Å². The number of rotatable bonds is 4. The summed E-state index contributed by atoms with van der Waals surface area (Å²) >= 11 is 1.48. The summed E-state index contributed by atoms with van der Waals surface area (Å²) in [5, 5.41) is 12.1. The highest BCUT2D eigenvalue weighted by atomic mass is 32.2. The molecular formula is C16H12N2O2S. The molecule has 1 heterocycles. The smallest absolute Gasteiger partial charge is 0.258 e. The summed E-state index contributed by atoms with van der Waals surface area (Å²) in [5.41, 5.74) is 1.98. The highest BCUT2D eigenvalue weighted by Gasteiger charge is 2.18. The first-order chi connectivity index (χ1) is 10.3. The van der Waals surface area contributed by atoms with E-state index < -0.39 is 0 Å². The molecular weight excluding hydrogens is 284 g/mol. The molecule has 0 saturated carbocycles. The van der Waals surface area contributed by atoms with E-state index in [-0.39, 0.29) is 10.6 Å². The lowest BCUT2D eigenvalue weighted by Gasteiger charge is -2.07. The Morgan fingerprint density at radius 3 is 2.52 bits per heavy atom. The van der Waals surface area contributed by atoms with Crippen molar-refractivity contribution in [3.8, 4) is 0 Å². The van der Waals surface area contributed by atoms with Gasteiger partial charge in [0.15, 0.2) is 0 Å². The number of hydrogen-bond donors (Lipinski definition) is 0. The van der Waals surface area contributed by atoms with Crippen LogP contribution in [0.2, 0.25) is 0 Å². The monoisotopic (exact) mass is 296 g/mol. The number of thioether (sulfide) groups is 1. The normalized spacial score (nSPS) is 10.7. The van der Waals surface area contributed by atoms with Gasteiger partial charge in [0.1, 0.15) is 6.20 Å². The Morgan fingerprint density at radius 2 is 1.76 bits per heavy atom. The van der Waals surface area contributed by atoms with E-state index in [2.05, 4.69) is 4.98 Å². The van der Waals surface area contributed by atoms with Crippen LogP contribution in [0.3, 0.4) is 0 Å². The van der Waals surface area contributed by atoms with Crippen molar-refractivity contribution in [1.29, 1.82) is 0 Å². The van der Waals surface area contributed by atoms with Crippen LogP contribution in [0.4, 0.5) is 5.69 Å². The lowest BCUT2D eigenvalue weighted by Crippen LogP contribution is -1.94. The van der Waals surface area contributed by atoms with Crippen molar-refractivity contribution < 1.29 is 4.92 Å². The molecule has 0 spiro atoms. The minimum absolute atomic E-state index is 0.0645. The SMILES string of the molecule is O=[N+]([O-])c1cnc2ccccc2c1SCc1ccccc1. The summed E-state index contributed by atoms with van der Waals surface area (Å²) in [6.07, 6.45) is 1.34. The number of nitrogens with zero attached hydrogens (tertiary/aromatic N) is 2. The number of nitro groups is 1. The fraction of sp³-hybridized carbons (Fsp3) is 0.0625. The van der Waals surface area contributed by atoms with E-state index in [0.717, 1.165) is 16.5 Å². The maximum absolute atomic E-state index is 11.2. The molecule has 5 heteroatoms. The second-order valence-corrected chi connectivity index (χ2v) is 5.51. The quantitative estimate of drug-likeness (QED) is 0.406. The maximum Gasteiger partial charge on any atom is 0.301 e. The van der Waals surface area contributed by atoms with Gasteiger partial charge in [-0.15, -0.1) is 11.8 Å². The molecule has 0 aliphatic rings. The summed E-state index contributed by atoms with van der Waals surface area (Å²) in [7, 11) is 0. The summed E-state index contributed by atoms with van der Waals surface area (Å²) < 4.78 is 0. The first-order valence-electron chi connectivity index (χ1n) is 6.44. The summed E-state index contributed by atoms with van der Waals surface area (Å²) in [4.78, 5) is 15.7. The Balaban J connectivity index is 2.02. The van der Waals surface area contributed by atoms with Gasteiger partial charge in [0.25, 0.3) is 0 Å². The van der Waals surface area contributed by atoms with E-state index in [0.29, 0.717) is 10.6 Å². The van der Waals surface area contributed by atoms with Crippen LogP contribution in [-0.4, -0.2) is 9.91 Å². The molecule has 0 radical (unpaired) electrons. The van der Waals surface area contributed by atoms with E-state index in [4.69, 9.17) is 0 Å². The minimum atomic E-state index is -0.368. The van der Waals surface area contributed by atoms with Gasteiger partial charge in [-0.05, 0) is 11.6 Å². The van der Waals surface area contributed by atoms with E-state index >= 15 is 0 Å². The van der Waals surface area contributed by atoms with Crippen LogP contribution in [0.5, 0.6) is 0 Å². The van der Waals surface area contributed by atoms with Crippen LogP contribution in [0.25, 0.3) is 10.9 Å². The second kappa shape index (κ2) is 5.93. The van der Waals surface area contributed by atoms with Crippen molar-refractivity contribution in [1.82, 2.24) is 4.98 Å². The van der Waals surface area contributed by atoms with Gasteiger partial charge in [0.2, 0.25) is 0 Å². The predicted molar refractivity (Wildman–Crippen MR) is 84.4 cm³/mol. The van der Waals surface area contributed by atoms with Crippen molar-refractivity contribution in [2.24, 2.45) is 0 Å². The molecule has 0 saturated heterocycles. The molecule has 2 aromatic carbocycles. The minimum Gasteiger partial charge on any atom is -0.258 e. The van der Waals surface area contributed by atoms with Gasteiger partial charge in [0.05, 0.1) is 15.3 Å². The molecule has 0 bridgehead atoms. The zero-order valence-corrected chi connectivity index (χ0v) is 11.9. The number of para-hydroxylation sites is 1. The van der Waals surface area contributed by atoms with Crippen LogP contribution in [0, 0.1) is 10.1 Å². The zero-order valence-electron chi connectivity index (χ0n) is 11.1. The van der Waals surface area contributed by atoms with Gasteiger partial charge in [-0.2, -0.15) is 0 Å². The lowest BCUT2D eigenvalue weighted by molar-refractivity contribution is -0.387. The van der Waals surface area contributed by atoms with E-state index in [1.807, 2.05) is 54.6 Å². The van der Waals surface area contributed by atoms with E-state index in [9.17, 15) is 10.1 Å². The van der Waals surface area contributed by atoms with Gasteiger partial charge in [-0.1, -0.05) is 48.5 Å². The molecule has 104 valence electrons. The molecule has 0 amide bonds. The van der Waals surface area contributed by atoms with Crippen LogP contribution in [-0.2, 0) is 5.75 Å². The predicted octanol–water partition coefficient (Wildman–Crippen LogP) is 4.44. The number of hydrogen-bond acceptors (Lipinski definition) is 4. The highest BCUT2D eigenvalue weighted by Crippen LogP contribution is 2.36. The van der Waals surface area contributed by atoms with Crippen LogP contribution in [0.15, 0.2) is 65.7 Å². The third kappa shape index (κ3) is 2.87. The Hall–Kier alpha value is -2.40. The molecule has 4 nitrogen and oxygen atoms in total. The molecule has 0 atom stereocenters. The van der Waals surface area contributed by atoms with Crippen LogP contribution >= 0.6 is 11.8 Å². The fourth-order valence-corrected chi connectivity index (χ4v) is 3.22. The van der Waals surface area contributed by atoms with Crippen molar-refractivity contribution in [3.63, 3.8) is 0 Å². The molecule has 0 unspecified atom stereocenters. The molecule has 0 N–H and O–H groups in total. The van der Waals surface area contributed by atoms with Crippen molar-refractivity contribution in [2.75, 3.05) is 0 Å². The molecule has 3 rings (SSSR count). The third-order valence-corrected chi connectivity index (χ3v) is 4.33. The Morgan fingerprint density at radius 1 is 1.05 bits per heavy atom. The van der Waals surface area contributed by atoms with Crippen LogP contribution in [0.1, 0.15) is 5.56 Å². The topological polar surface area (TPSA) is 56.0 Å². The average Bonchev–Trinajstić information content (AvgIpc) is 2.53. The number of benzene rings is 2. The first kappa shape index (κ1) is 13.6. The van der Waals surface area contributed by atoms with Crippen LogP contribution < -0.4 is 0 Å². The van der Waals surface area contributed by atoms with Gasteiger partial charge in [-0.3, -0.25) is 10.1 Å². The molecule has 0 aliphatic heterocycles. The van der Waals surface area contributed by atoms with Crippen molar-refractivity contribution in [2.45, 2.75) is 10.6 Å². The summed E-state index contributed by atoms with van der Waals surface area (Å²) in [6, 6.07) is 17.4. The molecule has 0 fully saturated rings. The third-order valence-electron chi connectivity index (χ3n) is 3.13. The van der Waals surface area contributed by atoms with E-state index in [1.54, 1.807) is 0 Å². The highest BCUT2D eigenvalue weighted by molar-refractivity contribution is 7.98. The number of pyridine rings is 1. The summed E-state index contributed by atoms with van der Waals surface area (Å²) in [5.74, 6) is 0.690. The van der Waals surface area contributed by atoms with Gasteiger partial charge in [-0.25, -0.2) is 4.98 Å². The van der Waals surface area contributed by atoms with E-state index in [1.165, 1.54) is 18.0 Å². The first-order valence-corrected chi connectivity index (χ1v) is 7.43. The molecule has 21 heavy (non-hydrogen) atoms. The van der Waals surface area contributed by atoms with Gasteiger partial charge >= 0.3 is 5.69 Å². The average molecular weight is 296 g/mol. The molecule has 0 aliphatic carbocycles. The fourth-order valence-electron chi connectivity index (χ4n) is 2.12. The Kier molecular flexibility index (Phi) is 3.83. The largest absolute Gasteiger partial charge is 0.301 e. The number of aromatic nitrogens is 1. The maximum atomic E-state index is 11.2. The summed E-state index contributed by atoms with van der Waals surface area (Å²) in [6.45, 7) is 0. The molecule has 3 aromatic rings. The number of fused-ring (bicyclic) bond motifs is 1. The second-order valence-electron chi connectivity index (χ2n) is 4.52. The Labute approximate surface area is 126 Å². The lowest BCUT2D eigenvalue weighted by atomic mass is 10.2. The van der Waals surface area contributed by atoms with Crippen molar-refractivity contribution >= 4 is 28.4 Å². The Bertz CT molecular complexity index is 791. The molecule has 1 aromatic heterocycles. The van der Waals surface area contributed by atoms with Crippen molar-refractivity contribution in [3.05, 3.63) is 76.5 Å². The standard InChI is InChI=1S/C16H12N2O2S/c19-18(20)15-10-17-14-9-5-4-8-13(14)16(15)21-11-12-6-2-1-3-7-12/h1-10H,11H2. The zero-order chi connectivity index (χ0) is 14.7. The van der Waals surface area contributed by atoms with Gasteiger partial charge < -0.3 is 0 Å².